The molecule has 0 amide bonds. The maximum Gasteiger partial charge on any atom is 0.312 e. The van der Waals surface area contributed by atoms with Crippen LogP contribution in [-0.4, -0.2) is 44.3 Å². The molecule has 1 rings (SSSR count). The molecule has 0 radical (unpaired) electrons. The van der Waals surface area contributed by atoms with E-state index in [9.17, 15) is 39.6 Å². The van der Waals surface area contributed by atoms with E-state index in [1.54, 1.807) is 0 Å². The lowest BCUT2D eigenvalue weighted by molar-refractivity contribution is -0.201. The fourth-order valence-corrected chi connectivity index (χ4v) is 6.70. The van der Waals surface area contributed by atoms with Gasteiger partial charge in [0.05, 0.1) is 10.8 Å². The van der Waals surface area contributed by atoms with E-state index in [2.05, 4.69) is 0 Å². The van der Waals surface area contributed by atoms with Crippen LogP contribution in [0.1, 0.15) is 111 Å². The third-order valence-corrected chi connectivity index (χ3v) is 8.24. The number of carboxylic acid groups (broad SMARTS) is 4. The average Bonchev–Trinajstić information content (AvgIpc) is 2.99. The van der Waals surface area contributed by atoms with Gasteiger partial charge >= 0.3 is 23.9 Å². The summed E-state index contributed by atoms with van der Waals surface area (Å²) in [5.41, 5.74) is -8.43. The number of unbranched alkanes of at least 4 members (excludes halogenated alkanes) is 4. The van der Waals surface area contributed by atoms with Crippen LogP contribution in [0.3, 0.4) is 0 Å². The van der Waals surface area contributed by atoms with Crippen LogP contribution in [0.2, 0.25) is 0 Å². The summed E-state index contributed by atoms with van der Waals surface area (Å²) in [6.45, 7) is 7.36. The molecule has 8 nitrogen and oxygen atoms in total. The van der Waals surface area contributed by atoms with E-state index in [0.717, 1.165) is 0 Å². The van der Waals surface area contributed by atoms with Gasteiger partial charge in [-0.25, -0.2) is 0 Å². The monoisotopic (exact) mass is 470 g/mol. The molecule has 190 valence electrons. The average molecular weight is 471 g/mol. The second-order valence-corrected chi connectivity index (χ2v) is 9.79. The zero-order valence-electron chi connectivity index (χ0n) is 20.6. The minimum absolute atomic E-state index is 0.0584. The van der Waals surface area contributed by atoms with Crippen molar-refractivity contribution in [2.24, 2.45) is 21.7 Å². The molecule has 4 atom stereocenters. The second-order valence-electron chi connectivity index (χ2n) is 9.79. The van der Waals surface area contributed by atoms with Crippen LogP contribution in [-0.2, 0) is 19.2 Å². The largest absolute Gasteiger partial charge is 0.481 e. The molecule has 1 fully saturated rings. The van der Waals surface area contributed by atoms with Gasteiger partial charge < -0.3 is 20.4 Å². The van der Waals surface area contributed by atoms with Gasteiger partial charge in [-0.15, -0.1) is 0 Å². The quantitative estimate of drug-likeness (QED) is 0.233. The fraction of sp³-hybridized carbons (Fsp3) is 0.840. The van der Waals surface area contributed by atoms with Crippen LogP contribution >= 0.6 is 0 Å². The molecular weight excluding hydrogens is 428 g/mol. The Balaban J connectivity index is 4.31. The van der Waals surface area contributed by atoms with Crippen molar-refractivity contribution in [1.82, 2.24) is 0 Å². The summed E-state index contributed by atoms with van der Waals surface area (Å²) in [4.78, 5) is 52.6. The van der Waals surface area contributed by atoms with Gasteiger partial charge in [0.2, 0.25) is 0 Å². The van der Waals surface area contributed by atoms with Gasteiger partial charge in [0, 0.05) is 0 Å². The summed E-state index contributed by atoms with van der Waals surface area (Å²) in [5.74, 6) is -5.77. The Morgan fingerprint density at radius 3 is 1.00 bits per heavy atom. The SMILES string of the molecule is CCCCC1(C(=O)O)CC(CCCC)(C(=O)O)C(CCCC)(C(=O)O)C1(CCCC)C(=O)O. The van der Waals surface area contributed by atoms with Crippen molar-refractivity contribution in [3.8, 4) is 0 Å². The smallest absolute Gasteiger partial charge is 0.312 e. The second kappa shape index (κ2) is 11.3. The van der Waals surface area contributed by atoms with Crippen molar-refractivity contribution >= 4 is 23.9 Å². The van der Waals surface area contributed by atoms with Crippen LogP contribution < -0.4 is 0 Å². The molecule has 0 aromatic rings. The summed E-state index contributed by atoms with van der Waals surface area (Å²) in [7, 11) is 0. The molecule has 8 heteroatoms. The van der Waals surface area contributed by atoms with Crippen molar-refractivity contribution in [2.75, 3.05) is 0 Å². The fourth-order valence-electron chi connectivity index (χ4n) is 6.70. The molecule has 0 saturated heterocycles. The lowest BCUT2D eigenvalue weighted by Crippen LogP contribution is -2.62. The molecule has 4 unspecified atom stereocenters. The highest BCUT2D eigenvalue weighted by molar-refractivity contribution is 6.00. The first-order valence-electron chi connectivity index (χ1n) is 12.4. The molecule has 1 saturated carbocycles. The molecule has 0 aromatic heterocycles. The summed E-state index contributed by atoms with van der Waals surface area (Å²) < 4.78 is 0. The first-order chi connectivity index (χ1) is 15.5. The van der Waals surface area contributed by atoms with Gasteiger partial charge in [-0.3, -0.25) is 19.2 Å². The van der Waals surface area contributed by atoms with Gasteiger partial charge in [-0.2, -0.15) is 0 Å². The topological polar surface area (TPSA) is 149 Å². The van der Waals surface area contributed by atoms with Crippen molar-refractivity contribution in [1.29, 1.82) is 0 Å². The van der Waals surface area contributed by atoms with E-state index >= 15 is 0 Å². The molecular formula is C25H42O8. The lowest BCUT2D eigenvalue weighted by atomic mass is 9.47. The number of carbonyl (C=O) groups is 4. The van der Waals surface area contributed by atoms with E-state index in [0.29, 0.717) is 51.4 Å². The molecule has 0 spiro atoms. The van der Waals surface area contributed by atoms with Crippen molar-refractivity contribution in [2.45, 2.75) is 111 Å². The van der Waals surface area contributed by atoms with Gasteiger partial charge in [0.25, 0.3) is 0 Å². The van der Waals surface area contributed by atoms with Crippen LogP contribution in [0.15, 0.2) is 0 Å². The number of aliphatic carboxylic acids is 4. The summed E-state index contributed by atoms with van der Waals surface area (Å²) in [6, 6.07) is 0. The highest BCUT2D eigenvalue weighted by atomic mass is 16.4. The summed E-state index contributed by atoms with van der Waals surface area (Å²) in [6.07, 6.45) is 2.67. The number of hydrogen-bond donors (Lipinski definition) is 4. The van der Waals surface area contributed by atoms with Crippen molar-refractivity contribution in [3.63, 3.8) is 0 Å². The van der Waals surface area contributed by atoms with Crippen LogP contribution in [0.25, 0.3) is 0 Å². The maximum atomic E-state index is 13.3. The third kappa shape index (κ3) is 4.14. The Kier molecular flexibility index (Phi) is 9.94. The Morgan fingerprint density at radius 1 is 0.515 bits per heavy atom. The lowest BCUT2D eigenvalue weighted by Gasteiger charge is -2.50. The summed E-state index contributed by atoms with van der Waals surface area (Å²) >= 11 is 0. The van der Waals surface area contributed by atoms with Crippen molar-refractivity contribution < 1.29 is 39.6 Å². The molecule has 0 heterocycles. The minimum atomic E-state index is -2.23. The molecule has 4 N–H and O–H groups in total. The predicted molar refractivity (Wildman–Crippen MR) is 123 cm³/mol. The van der Waals surface area contributed by atoms with E-state index in [-0.39, 0.29) is 25.7 Å². The highest BCUT2D eigenvalue weighted by Crippen LogP contribution is 2.77. The number of rotatable bonds is 16. The normalized spacial score (nSPS) is 31.4. The Labute approximate surface area is 196 Å². The molecule has 1 aliphatic carbocycles. The van der Waals surface area contributed by atoms with E-state index in [1.807, 2.05) is 27.7 Å². The summed E-state index contributed by atoms with van der Waals surface area (Å²) in [5, 5.41) is 42.8. The Hall–Kier alpha value is -2.12. The van der Waals surface area contributed by atoms with Crippen LogP contribution in [0, 0.1) is 21.7 Å². The highest BCUT2D eigenvalue weighted by Gasteiger charge is 2.86. The van der Waals surface area contributed by atoms with Gasteiger partial charge in [0.15, 0.2) is 0 Å². The number of hydrogen-bond acceptors (Lipinski definition) is 4. The predicted octanol–water partition coefficient (Wildman–Crippen LogP) is 5.43. The van der Waals surface area contributed by atoms with Gasteiger partial charge in [-0.05, 0) is 32.1 Å². The van der Waals surface area contributed by atoms with Crippen LogP contribution in [0.4, 0.5) is 0 Å². The zero-order chi connectivity index (χ0) is 25.5. The van der Waals surface area contributed by atoms with E-state index < -0.39 is 52.0 Å². The molecule has 1 aliphatic rings. The third-order valence-electron chi connectivity index (χ3n) is 8.24. The molecule has 0 bridgehead atoms. The van der Waals surface area contributed by atoms with Crippen molar-refractivity contribution in [3.05, 3.63) is 0 Å². The molecule has 0 aliphatic heterocycles. The minimum Gasteiger partial charge on any atom is -0.481 e. The first kappa shape index (κ1) is 28.9. The van der Waals surface area contributed by atoms with Crippen LogP contribution in [0.5, 0.6) is 0 Å². The van der Waals surface area contributed by atoms with E-state index in [4.69, 9.17) is 0 Å². The van der Waals surface area contributed by atoms with Gasteiger partial charge in [0.1, 0.15) is 10.8 Å². The molecule has 0 aromatic carbocycles. The first-order valence-corrected chi connectivity index (χ1v) is 12.4. The standard InChI is InChI=1S/C25H42O8/c1-5-9-13-22(18(26)27)17-23(19(28)29,14-10-6-2)25(21(32)33,16-12-8-4)24(22,20(30)31)15-11-7-3/h5-17H2,1-4H3,(H,26,27)(H,28,29)(H,30,31)(H,32,33). The Bertz CT molecular complexity index is 674. The number of carboxylic acids is 4. The zero-order valence-corrected chi connectivity index (χ0v) is 20.6. The Morgan fingerprint density at radius 2 is 0.788 bits per heavy atom. The van der Waals surface area contributed by atoms with Gasteiger partial charge in [-0.1, -0.05) is 79.1 Å². The maximum absolute atomic E-state index is 13.3. The van der Waals surface area contributed by atoms with E-state index in [1.165, 1.54) is 0 Å². The molecule has 33 heavy (non-hydrogen) atoms.